The number of rotatable bonds is 8. The Balaban J connectivity index is 1.42. The third-order valence-corrected chi connectivity index (χ3v) is 7.31. The van der Waals surface area contributed by atoms with E-state index in [-0.39, 0.29) is 22.8 Å². The number of hydrogen-bond donors (Lipinski definition) is 1. The average molecular weight is 457 g/mol. The maximum Gasteiger partial charge on any atom is 0.244 e. The summed E-state index contributed by atoms with van der Waals surface area (Å²) in [6, 6.07) is 14.6. The molecule has 0 unspecified atom stereocenters. The molecule has 172 valence electrons. The number of nitrogens with zero attached hydrogens (tertiary/aromatic N) is 1. The van der Waals surface area contributed by atoms with Gasteiger partial charge in [0, 0.05) is 19.2 Å². The van der Waals surface area contributed by atoms with Crippen LogP contribution in [-0.2, 0) is 20.2 Å². The van der Waals surface area contributed by atoms with E-state index >= 15 is 0 Å². The van der Waals surface area contributed by atoms with E-state index in [2.05, 4.69) is 38.2 Å². The Morgan fingerprint density at radius 1 is 1.03 bits per heavy atom. The summed E-state index contributed by atoms with van der Waals surface area (Å²) in [6.45, 7) is 8.29. The molecule has 0 aliphatic carbocycles. The fraction of sp³-hybridized carbons (Fsp3) is 0.400. The number of amides is 1. The van der Waals surface area contributed by atoms with Gasteiger partial charge in [-0.25, -0.2) is 8.42 Å². The highest BCUT2D eigenvalue weighted by Gasteiger charge is 2.26. The van der Waals surface area contributed by atoms with Crippen molar-refractivity contribution in [1.29, 1.82) is 0 Å². The van der Waals surface area contributed by atoms with Gasteiger partial charge in [-0.3, -0.25) is 4.79 Å². The lowest BCUT2D eigenvalue weighted by molar-refractivity contribution is -0.116. The topological polar surface area (TPSA) is 75.7 Å². The van der Waals surface area contributed by atoms with Crippen LogP contribution in [0.3, 0.4) is 0 Å². The summed E-state index contributed by atoms with van der Waals surface area (Å²) in [7, 11) is -3.42. The van der Waals surface area contributed by atoms with Crippen molar-refractivity contribution >= 4 is 22.0 Å². The van der Waals surface area contributed by atoms with Crippen LogP contribution in [0.2, 0.25) is 0 Å². The summed E-state index contributed by atoms with van der Waals surface area (Å²) < 4.78 is 32.2. The van der Waals surface area contributed by atoms with Gasteiger partial charge in [-0.05, 0) is 59.7 Å². The van der Waals surface area contributed by atoms with Gasteiger partial charge in [0.25, 0.3) is 0 Å². The molecule has 6 nitrogen and oxygen atoms in total. The Kier molecular flexibility index (Phi) is 7.74. The molecule has 2 aromatic rings. The molecule has 1 heterocycles. The number of nitrogens with one attached hydrogen (secondary N) is 1. The van der Waals surface area contributed by atoms with E-state index in [1.165, 1.54) is 15.9 Å². The van der Waals surface area contributed by atoms with Crippen LogP contribution in [0.25, 0.3) is 6.08 Å². The van der Waals surface area contributed by atoms with Gasteiger partial charge >= 0.3 is 0 Å². The van der Waals surface area contributed by atoms with Crippen molar-refractivity contribution in [2.24, 2.45) is 0 Å². The van der Waals surface area contributed by atoms with E-state index in [1.54, 1.807) is 30.3 Å². The van der Waals surface area contributed by atoms with E-state index in [1.807, 2.05) is 12.1 Å². The van der Waals surface area contributed by atoms with Gasteiger partial charge in [0.15, 0.2) is 0 Å². The first-order valence-electron chi connectivity index (χ1n) is 11.0. The molecule has 0 bridgehead atoms. The maximum absolute atomic E-state index is 12.5. The quantitative estimate of drug-likeness (QED) is 0.482. The number of hydrogen-bond acceptors (Lipinski definition) is 4. The molecule has 0 spiro atoms. The number of carbonyl (C=O) groups is 1. The van der Waals surface area contributed by atoms with Crippen molar-refractivity contribution < 1.29 is 17.9 Å². The van der Waals surface area contributed by atoms with Crippen molar-refractivity contribution in [3.63, 3.8) is 0 Å². The number of sulfonamides is 1. The molecule has 0 saturated carbocycles. The van der Waals surface area contributed by atoms with Crippen LogP contribution in [0.1, 0.15) is 44.7 Å². The Bertz CT molecular complexity index is 1030. The van der Waals surface area contributed by atoms with Crippen LogP contribution in [0.4, 0.5) is 0 Å². The molecular formula is C25H32N2O4S. The van der Waals surface area contributed by atoms with Gasteiger partial charge in [0.05, 0.1) is 11.4 Å². The molecule has 32 heavy (non-hydrogen) atoms. The maximum atomic E-state index is 12.5. The van der Waals surface area contributed by atoms with E-state index in [9.17, 15) is 13.2 Å². The lowest BCUT2D eigenvalue weighted by Crippen LogP contribution is -2.27. The predicted octanol–water partition coefficient (Wildman–Crippen LogP) is 3.98. The van der Waals surface area contributed by atoms with Gasteiger partial charge in [-0.15, -0.1) is 0 Å². The zero-order chi connectivity index (χ0) is 23.2. The van der Waals surface area contributed by atoms with Crippen molar-refractivity contribution in [3.05, 3.63) is 65.7 Å². The molecule has 7 heteroatoms. The van der Waals surface area contributed by atoms with Crippen LogP contribution in [0.5, 0.6) is 5.75 Å². The predicted molar refractivity (Wildman–Crippen MR) is 127 cm³/mol. The Morgan fingerprint density at radius 2 is 1.66 bits per heavy atom. The summed E-state index contributed by atoms with van der Waals surface area (Å²) >= 11 is 0. The molecule has 1 fully saturated rings. The van der Waals surface area contributed by atoms with Crippen molar-refractivity contribution in [2.45, 2.75) is 43.9 Å². The lowest BCUT2D eigenvalue weighted by Gasteiger charge is -2.18. The molecule has 1 saturated heterocycles. The van der Waals surface area contributed by atoms with Crippen molar-refractivity contribution in [1.82, 2.24) is 9.62 Å². The van der Waals surface area contributed by atoms with E-state index in [0.717, 1.165) is 18.4 Å². The number of carbonyl (C=O) groups excluding carboxylic acids is 1. The SMILES string of the molecule is CC(C)(C)c1ccc(/C=C/C(=O)NCCOc2ccc(S(=O)(=O)N3CCCC3)cc2)cc1. The zero-order valence-electron chi connectivity index (χ0n) is 19.0. The Labute approximate surface area is 191 Å². The minimum Gasteiger partial charge on any atom is -0.492 e. The first-order chi connectivity index (χ1) is 15.2. The standard InChI is InChI=1S/C25H32N2O4S/c1-25(2,3)21-9-6-20(7-10-21)8-15-24(28)26-16-19-31-22-11-13-23(14-12-22)32(29,30)27-17-4-5-18-27/h6-15H,4-5,16-19H2,1-3H3,(H,26,28)/b15-8+. The van der Waals surface area contributed by atoms with Crippen LogP contribution in [0, 0.1) is 0 Å². The fourth-order valence-corrected chi connectivity index (χ4v) is 4.97. The first-order valence-corrected chi connectivity index (χ1v) is 12.4. The molecular weight excluding hydrogens is 424 g/mol. The largest absolute Gasteiger partial charge is 0.492 e. The molecule has 1 amide bonds. The summed E-state index contributed by atoms with van der Waals surface area (Å²) in [6.07, 6.45) is 5.10. The second kappa shape index (κ2) is 10.3. The molecule has 0 radical (unpaired) electrons. The number of benzene rings is 2. The van der Waals surface area contributed by atoms with E-state index in [0.29, 0.717) is 25.4 Å². The smallest absolute Gasteiger partial charge is 0.244 e. The van der Waals surface area contributed by atoms with Gasteiger partial charge in [-0.1, -0.05) is 45.0 Å². The number of ether oxygens (including phenoxy) is 1. The zero-order valence-corrected chi connectivity index (χ0v) is 19.8. The second-order valence-electron chi connectivity index (χ2n) is 8.93. The van der Waals surface area contributed by atoms with E-state index < -0.39 is 10.0 Å². The molecule has 1 aliphatic rings. The highest BCUT2D eigenvalue weighted by Crippen LogP contribution is 2.23. The molecule has 0 aromatic heterocycles. The summed E-state index contributed by atoms with van der Waals surface area (Å²) in [4.78, 5) is 12.3. The van der Waals surface area contributed by atoms with Gasteiger partial charge in [0.1, 0.15) is 12.4 Å². The minimum absolute atomic E-state index is 0.0993. The van der Waals surface area contributed by atoms with Gasteiger partial charge < -0.3 is 10.1 Å². The van der Waals surface area contributed by atoms with Crippen molar-refractivity contribution in [2.75, 3.05) is 26.2 Å². The van der Waals surface area contributed by atoms with E-state index in [4.69, 9.17) is 4.74 Å². The van der Waals surface area contributed by atoms with Gasteiger partial charge in [-0.2, -0.15) is 4.31 Å². The van der Waals surface area contributed by atoms with Crippen LogP contribution in [-0.4, -0.2) is 44.9 Å². The highest BCUT2D eigenvalue weighted by atomic mass is 32.2. The summed E-state index contributed by atoms with van der Waals surface area (Å²) in [5, 5.41) is 2.78. The minimum atomic E-state index is -3.42. The van der Waals surface area contributed by atoms with Gasteiger partial charge in [0.2, 0.25) is 15.9 Å². The third kappa shape index (κ3) is 6.43. The van der Waals surface area contributed by atoms with Crippen LogP contribution in [0.15, 0.2) is 59.5 Å². The lowest BCUT2D eigenvalue weighted by atomic mass is 9.87. The summed E-state index contributed by atoms with van der Waals surface area (Å²) in [5.74, 6) is 0.370. The highest BCUT2D eigenvalue weighted by molar-refractivity contribution is 7.89. The fourth-order valence-electron chi connectivity index (χ4n) is 3.45. The molecule has 1 N–H and O–H groups in total. The molecule has 0 atom stereocenters. The Morgan fingerprint density at radius 3 is 2.25 bits per heavy atom. The molecule has 2 aromatic carbocycles. The normalized spacial score (nSPS) is 15.2. The third-order valence-electron chi connectivity index (χ3n) is 5.40. The Hall–Kier alpha value is -2.64. The molecule has 1 aliphatic heterocycles. The summed E-state index contributed by atoms with van der Waals surface area (Å²) in [5.41, 5.74) is 2.31. The first kappa shape index (κ1) is 24.0. The monoisotopic (exact) mass is 456 g/mol. The van der Waals surface area contributed by atoms with Crippen LogP contribution < -0.4 is 10.1 Å². The average Bonchev–Trinajstić information content (AvgIpc) is 3.31. The van der Waals surface area contributed by atoms with Crippen LogP contribution >= 0.6 is 0 Å². The molecule has 3 rings (SSSR count). The second-order valence-corrected chi connectivity index (χ2v) is 10.9. The van der Waals surface area contributed by atoms with Crippen molar-refractivity contribution in [3.8, 4) is 5.75 Å².